The zero-order valence-corrected chi connectivity index (χ0v) is 21.5. The van der Waals surface area contributed by atoms with Gasteiger partial charge in [0.05, 0.1) is 18.8 Å². The number of guanidine groups is 1. The Hall–Kier alpha value is -2.81. The molecule has 1 aliphatic carbocycles. The molecule has 1 aliphatic heterocycles. The lowest BCUT2D eigenvalue weighted by atomic mass is 9.93. The molecule has 0 saturated heterocycles. The number of hydrogen-bond acceptors (Lipinski definition) is 8. The van der Waals surface area contributed by atoms with Gasteiger partial charge in [0.1, 0.15) is 24.1 Å². The number of ether oxygens (including phenoxy) is 2. The van der Waals surface area contributed by atoms with Gasteiger partial charge in [-0.15, -0.1) is 0 Å². The van der Waals surface area contributed by atoms with Gasteiger partial charge in [0, 0.05) is 18.0 Å². The first-order valence-electron chi connectivity index (χ1n) is 12.6. The Morgan fingerprint density at radius 1 is 1.26 bits per heavy atom. The highest BCUT2D eigenvalue weighted by molar-refractivity contribution is 5.87. The number of nitrogens with two attached hydrogens (primary N) is 1. The second-order valence-electron chi connectivity index (χ2n) is 10.3. The molecule has 2 aliphatic rings. The van der Waals surface area contributed by atoms with Crippen LogP contribution in [0.15, 0.2) is 23.2 Å². The molecule has 1 unspecified atom stereocenters. The fourth-order valence-corrected chi connectivity index (χ4v) is 4.70. The van der Waals surface area contributed by atoms with E-state index < -0.39 is 11.8 Å². The van der Waals surface area contributed by atoms with Crippen LogP contribution in [0.5, 0.6) is 5.75 Å². The van der Waals surface area contributed by atoms with Gasteiger partial charge in [-0.1, -0.05) is 25.3 Å². The van der Waals surface area contributed by atoms with Crippen molar-refractivity contribution < 1.29 is 24.2 Å². The molecule has 0 aromatic heterocycles. The fourth-order valence-electron chi connectivity index (χ4n) is 4.70. The summed E-state index contributed by atoms with van der Waals surface area (Å²) < 4.78 is 11.4. The Kier molecular flexibility index (Phi) is 8.99. The van der Waals surface area contributed by atoms with Crippen LogP contribution in [0.3, 0.4) is 0 Å². The number of amides is 1. The highest BCUT2D eigenvalue weighted by Crippen LogP contribution is 2.33. The molecular weight excluding hydrogens is 448 g/mol. The number of fused-ring (bicyclic) bond motifs is 1. The van der Waals surface area contributed by atoms with Crippen LogP contribution >= 0.6 is 0 Å². The van der Waals surface area contributed by atoms with Crippen LogP contribution in [0.4, 0.5) is 5.69 Å². The summed E-state index contributed by atoms with van der Waals surface area (Å²) in [5.74, 6) is 0.496. The molecule has 9 heteroatoms. The first-order valence-corrected chi connectivity index (χ1v) is 12.6. The van der Waals surface area contributed by atoms with Crippen LogP contribution < -0.4 is 10.5 Å². The van der Waals surface area contributed by atoms with Gasteiger partial charge >= 0.3 is 5.97 Å². The Morgan fingerprint density at radius 3 is 2.63 bits per heavy atom. The number of nitrogens with zero attached hydrogens (tertiary/aromatic N) is 3. The van der Waals surface area contributed by atoms with Gasteiger partial charge in [0.25, 0.3) is 0 Å². The molecule has 0 radical (unpaired) electrons. The third kappa shape index (κ3) is 7.59. The summed E-state index contributed by atoms with van der Waals surface area (Å²) in [5.41, 5.74) is 7.05. The summed E-state index contributed by atoms with van der Waals surface area (Å²) in [6.07, 6.45) is 5.35. The molecule has 35 heavy (non-hydrogen) atoms. The molecule has 1 aromatic carbocycles. The summed E-state index contributed by atoms with van der Waals surface area (Å²) in [4.78, 5) is 32.9. The first kappa shape index (κ1) is 26.8. The first-order chi connectivity index (χ1) is 16.5. The number of carbonyl (C=O) groups excluding carboxylic acids is 2. The number of aliphatic imine (C=N–C) groups is 1. The maximum Gasteiger partial charge on any atom is 0.326 e. The van der Waals surface area contributed by atoms with E-state index in [1.54, 1.807) is 16.7 Å². The fraction of sp³-hybridized carbons (Fsp3) is 0.654. The minimum atomic E-state index is -0.785. The van der Waals surface area contributed by atoms with Crippen molar-refractivity contribution in [1.29, 1.82) is 0 Å². The lowest BCUT2D eigenvalue weighted by Gasteiger charge is -2.36. The number of aliphatic hydroxyl groups excluding tert-OH is 1. The van der Waals surface area contributed by atoms with E-state index in [1.165, 1.54) is 6.42 Å². The number of rotatable bonds is 9. The third-order valence-corrected chi connectivity index (χ3v) is 6.21. The molecule has 1 fully saturated rings. The maximum atomic E-state index is 12.8. The van der Waals surface area contributed by atoms with Crippen LogP contribution in [0, 0.1) is 0 Å². The third-order valence-electron chi connectivity index (χ3n) is 6.21. The molecule has 1 heterocycles. The van der Waals surface area contributed by atoms with E-state index in [0.717, 1.165) is 31.2 Å². The SMILES string of the molecule is CC(O)N(C(=O)CCCOc1cccc2c1CN(CC(=O)OC(C)(C)C)C(N)=N2)C1CCCCC1. The molecule has 1 saturated carbocycles. The van der Waals surface area contributed by atoms with Crippen molar-refractivity contribution in [2.24, 2.45) is 10.7 Å². The van der Waals surface area contributed by atoms with Crippen molar-refractivity contribution in [3.8, 4) is 5.75 Å². The molecule has 0 bridgehead atoms. The predicted molar refractivity (Wildman–Crippen MR) is 134 cm³/mol. The van der Waals surface area contributed by atoms with Crippen LogP contribution in [-0.4, -0.2) is 63.8 Å². The average Bonchev–Trinajstić information content (AvgIpc) is 2.76. The van der Waals surface area contributed by atoms with Gasteiger partial charge in [0.2, 0.25) is 5.91 Å². The van der Waals surface area contributed by atoms with Crippen LogP contribution in [-0.2, 0) is 20.9 Å². The lowest BCUT2D eigenvalue weighted by Crippen LogP contribution is -2.46. The van der Waals surface area contributed by atoms with E-state index in [2.05, 4.69) is 4.99 Å². The summed E-state index contributed by atoms with van der Waals surface area (Å²) in [7, 11) is 0. The zero-order chi connectivity index (χ0) is 25.6. The van der Waals surface area contributed by atoms with E-state index in [4.69, 9.17) is 15.2 Å². The average molecular weight is 489 g/mol. The van der Waals surface area contributed by atoms with Crippen LogP contribution in [0.25, 0.3) is 0 Å². The van der Waals surface area contributed by atoms with Gasteiger partial charge in [-0.2, -0.15) is 0 Å². The highest BCUT2D eigenvalue weighted by Gasteiger charge is 2.28. The maximum absolute atomic E-state index is 12.8. The Labute approximate surface area is 208 Å². The summed E-state index contributed by atoms with van der Waals surface area (Å²) in [6, 6.07) is 5.68. The zero-order valence-electron chi connectivity index (χ0n) is 21.5. The van der Waals surface area contributed by atoms with Gasteiger partial charge in [-0.3, -0.25) is 9.59 Å². The van der Waals surface area contributed by atoms with Crippen molar-refractivity contribution in [3.63, 3.8) is 0 Å². The Bertz CT molecular complexity index is 919. The molecule has 3 N–H and O–H groups in total. The number of aliphatic hydroxyl groups is 1. The number of benzene rings is 1. The number of esters is 1. The molecule has 194 valence electrons. The molecule has 1 aromatic rings. The molecule has 9 nitrogen and oxygen atoms in total. The van der Waals surface area contributed by atoms with Crippen molar-refractivity contribution in [2.45, 2.75) is 97.1 Å². The standard InChI is InChI=1S/C26H40N4O5/c1-18(31)30(19-10-6-5-7-11-19)23(32)14-9-15-34-22-13-8-12-21-20(22)16-29(25(27)28-21)17-24(33)35-26(2,3)4/h8,12-13,18-19,31H,5-7,9-11,14-17H2,1-4H3,(H2,27,28). The van der Waals surface area contributed by atoms with E-state index in [0.29, 0.717) is 37.4 Å². The highest BCUT2D eigenvalue weighted by atomic mass is 16.6. The summed E-state index contributed by atoms with van der Waals surface area (Å²) in [6.45, 7) is 7.84. The van der Waals surface area contributed by atoms with Crippen molar-refractivity contribution in [3.05, 3.63) is 23.8 Å². The Morgan fingerprint density at radius 2 is 1.97 bits per heavy atom. The van der Waals surface area contributed by atoms with Gasteiger partial charge in [-0.05, 0) is 59.1 Å². The molecule has 0 spiro atoms. The smallest absolute Gasteiger partial charge is 0.326 e. The minimum Gasteiger partial charge on any atom is -0.493 e. The minimum absolute atomic E-state index is 0.00871. The second kappa shape index (κ2) is 11.7. The van der Waals surface area contributed by atoms with Gasteiger partial charge < -0.3 is 30.1 Å². The van der Waals surface area contributed by atoms with E-state index in [9.17, 15) is 14.7 Å². The van der Waals surface area contributed by atoms with Gasteiger partial charge in [-0.25, -0.2) is 4.99 Å². The van der Waals surface area contributed by atoms with Crippen LogP contribution in [0.1, 0.15) is 78.2 Å². The van der Waals surface area contributed by atoms with E-state index in [1.807, 2.05) is 39.0 Å². The normalized spacial score (nSPS) is 17.3. The van der Waals surface area contributed by atoms with E-state index in [-0.39, 0.29) is 30.4 Å². The van der Waals surface area contributed by atoms with E-state index >= 15 is 0 Å². The number of carbonyl (C=O) groups is 2. The largest absolute Gasteiger partial charge is 0.493 e. The quantitative estimate of drug-likeness (QED) is 0.310. The second-order valence-corrected chi connectivity index (χ2v) is 10.3. The summed E-state index contributed by atoms with van der Waals surface area (Å²) >= 11 is 0. The topological polar surface area (TPSA) is 118 Å². The number of hydrogen-bond donors (Lipinski definition) is 2. The monoisotopic (exact) mass is 488 g/mol. The van der Waals surface area contributed by atoms with Crippen LogP contribution in [0.2, 0.25) is 0 Å². The predicted octanol–water partition coefficient (Wildman–Crippen LogP) is 3.45. The van der Waals surface area contributed by atoms with Crippen molar-refractivity contribution in [2.75, 3.05) is 13.2 Å². The molecule has 1 amide bonds. The molecule has 3 rings (SSSR count). The molecule has 1 atom stereocenters. The molecular formula is C26H40N4O5. The Balaban J connectivity index is 1.56. The van der Waals surface area contributed by atoms with Crippen molar-refractivity contribution >= 4 is 23.5 Å². The van der Waals surface area contributed by atoms with Gasteiger partial charge in [0.15, 0.2) is 5.96 Å². The summed E-state index contributed by atoms with van der Waals surface area (Å²) in [5, 5.41) is 10.2. The van der Waals surface area contributed by atoms with Crippen molar-refractivity contribution in [1.82, 2.24) is 9.80 Å². The lowest BCUT2D eigenvalue weighted by molar-refractivity contribution is -0.155.